The van der Waals surface area contributed by atoms with Gasteiger partial charge in [-0.25, -0.2) is 0 Å². The number of Topliss-reactive ketones (excluding diaryl/α,β-unsaturated/α-hetero) is 1. The van der Waals surface area contributed by atoms with Crippen LogP contribution in [0.3, 0.4) is 0 Å². The molecule has 0 fully saturated rings. The van der Waals surface area contributed by atoms with Crippen molar-refractivity contribution in [2.45, 2.75) is 13.5 Å². The zero-order valence-corrected chi connectivity index (χ0v) is 17.9. The first kappa shape index (κ1) is 20.3. The Morgan fingerprint density at radius 3 is 2.43 bits per heavy atom. The van der Waals surface area contributed by atoms with E-state index in [2.05, 4.69) is 0 Å². The number of ether oxygens (including phenoxy) is 3. The van der Waals surface area contributed by atoms with Crippen LogP contribution in [0.4, 0.5) is 0 Å². The molecule has 1 heterocycles. The van der Waals surface area contributed by atoms with E-state index in [1.807, 2.05) is 37.3 Å². The van der Waals surface area contributed by atoms with Gasteiger partial charge in [-0.05, 0) is 60.0 Å². The highest BCUT2D eigenvalue weighted by Crippen LogP contribution is 2.38. The highest BCUT2D eigenvalue weighted by atomic mass is 35.5. The fourth-order valence-electron chi connectivity index (χ4n) is 3.20. The Labute approximate surface area is 184 Å². The standard InChI is InChI=1S/C24H18Cl2O4/c1-14-9-18(29-13-15-3-6-17(28-2)7-4-15)12-21-23(14)24(27)22(30-21)11-16-5-8-19(25)20(26)10-16/h3-12H,13H2,1-2H3/b22-11-. The van der Waals surface area contributed by atoms with E-state index in [1.54, 1.807) is 37.5 Å². The molecule has 0 saturated heterocycles. The van der Waals surface area contributed by atoms with Crippen LogP contribution in [0.15, 0.2) is 60.4 Å². The monoisotopic (exact) mass is 440 g/mol. The van der Waals surface area contributed by atoms with Gasteiger partial charge in [0.1, 0.15) is 23.9 Å². The molecule has 1 aliphatic heterocycles. The van der Waals surface area contributed by atoms with Gasteiger partial charge in [-0.2, -0.15) is 0 Å². The molecule has 3 aromatic rings. The third kappa shape index (κ3) is 4.16. The topological polar surface area (TPSA) is 44.8 Å². The Hall–Kier alpha value is -2.95. The quantitative estimate of drug-likeness (QED) is 0.424. The first-order valence-electron chi connectivity index (χ1n) is 9.24. The number of halogens is 2. The average molecular weight is 441 g/mol. The van der Waals surface area contributed by atoms with Crippen LogP contribution in [0.25, 0.3) is 6.08 Å². The summed E-state index contributed by atoms with van der Waals surface area (Å²) in [5.74, 6) is 1.97. The number of hydrogen-bond acceptors (Lipinski definition) is 4. The number of rotatable bonds is 5. The number of carbonyl (C=O) groups is 1. The van der Waals surface area contributed by atoms with Gasteiger partial charge in [-0.3, -0.25) is 4.79 Å². The van der Waals surface area contributed by atoms with Crippen LogP contribution in [-0.2, 0) is 6.61 Å². The van der Waals surface area contributed by atoms with Crippen molar-refractivity contribution in [3.8, 4) is 17.2 Å². The number of ketones is 1. The van der Waals surface area contributed by atoms with Crippen molar-refractivity contribution in [3.63, 3.8) is 0 Å². The lowest BCUT2D eigenvalue weighted by Crippen LogP contribution is -2.00. The van der Waals surface area contributed by atoms with Crippen LogP contribution < -0.4 is 14.2 Å². The van der Waals surface area contributed by atoms with Crippen LogP contribution >= 0.6 is 23.2 Å². The number of carbonyl (C=O) groups excluding carboxylic acids is 1. The minimum absolute atomic E-state index is 0.171. The van der Waals surface area contributed by atoms with Gasteiger partial charge in [0.15, 0.2) is 5.76 Å². The lowest BCUT2D eigenvalue weighted by atomic mass is 10.0. The molecule has 0 bridgehead atoms. The second-order valence-corrected chi connectivity index (χ2v) is 7.68. The molecule has 4 rings (SSSR count). The predicted octanol–water partition coefficient (Wildman–Crippen LogP) is 6.51. The lowest BCUT2D eigenvalue weighted by Gasteiger charge is -2.09. The molecule has 0 unspecified atom stereocenters. The van der Waals surface area contributed by atoms with Crippen molar-refractivity contribution in [1.29, 1.82) is 0 Å². The first-order valence-corrected chi connectivity index (χ1v) is 10.00. The molecule has 0 radical (unpaired) electrons. The Morgan fingerprint density at radius 1 is 0.967 bits per heavy atom. The summed E-state index contributed by atoms with van der Waals surface area (Å²) >= 11 is 12.0. The highest BCUT2D eigenvalue weighted by Gasteiger charge is 2.30. The molecule has 4 nitrogen and oxygen atoms in total. The van der Waals surface area contributed by atoms with Gasteiger partial charge in [0.2, 0.25) is 5.78 Å². The number of hydrogen-bond donors (Lipinski definition) is 0. The van der Waals surface area contributed by atoms with E-state index >= 15 is 0 Å². The van der Waals surface area contributed by atoms with Crippen LogP contribution in [0.1, 0.15) is 27.0 Å². The summed E-state index contributed by atoms with van der Waals surface area (Å²) in [6.45, 7) is 2.25. The zero-order valence-electron chi connectivity index (χ0n) is 16.4. The number of methoxy groups -OCH3 is 1. The maximum Gasteiger partial charge on any atom is 0.232 e. The lowest BCUT2D eigenvalue weighted by molar-refractivity contribution is 0.101. The minimum atomic E-state index is -0.171. The summed E-state index contributed by atoms with van der Waals surface area (Å²) in [6.07, 6.45) is 1.65. The molecule has 0 saturated carbocycles. The fraction of sp³-hybridized carbons (Fsp3) is 0.125. The molecule has 3 aromatic carbocycles. The van der Waals surface area contributed by atoms with Crippen molar-refractivity contribution >= 4 is 35.1 Å². The third-order valence-corrected chi connectivity index (χ3v) is 5.49. The van der Waals surface area contributed by atoms with Crippen molar-refractivity contribution in [3.05, 3.63) is 92.7 Å². The van der Waals surface area contributed by atoms with E-state index < -0.39 is 0 Å². The molecule has 0 spiro atoms. The second kappa shape index (κ2) is 8.42. The molecular formula is C24H18Cl2O4. The molecule has 0 aromatic heterocycles. The van der Waals surface area contributed by atoms with Crippen molar-refractivity contribution in [2.24, 2.45) is 0 Å². The van der Waals surface area contributed by atoms with Gasteiger partial charge in [-0.1, -0.05) is 41.4 Å². The molecule has 0 N–H and O–H groups in total. The van der Waals surface area contributed by atoms with Crippen molar-refractivity contribution < 1.29 is 19.0 Å². The third-order valence-electron chi connectivity index (χ3n) is 4.75. The van der Waals surface area contributed by atoms with Gasteiger partial charge in [-0.15, -0.1) is 0 Å². The summed E-state index contributed by atoms with van der Waals surface area (Å²) in [4.78, 5) is 12.8. The maximum atomic E-state index is 12.8. The number of benzene rings is 3. The number of fused-ring (bicyclic) bond motifs is 1. The molecule has 30 heavy (non-hydrogen) atoms. The van der Waals surface area contributed by atoms with E-state index in [4.69, 9.17) is 37.4 Å². The molecule has 0 atom stereocenters. The Bertz CT molecular complexity index is 1150. The van der Waals surface area contributed by atoms with E-state index in [1.165, 1.54) is 0 Å². The SMILES string of the molecule is COc1ccc(COc2cc(C)c3c(c2)O/C(=C\c2ccc(Cl)c(Cl)c2)C3=O)cc1. The summed E-state index contributed by atoms with van der Waals surface area (Å²) in [7, 11) is 1.63. The predicted molar refractivity (Wildman–Crippen MR) is 118 cm³/mol. The number of allylic oxidation sites excluding steroid dienone is 1. The van der Waals surface area contributed by atoms with E-state index in [-0.39, 0.29) is 11.5 Å². The van der Waals surface area contributed by atoms with Crippen LogP contribution in [0.2, 0.25) is 10.0 Å². The van der Waals surface area contributed by atoms with Crippen LogP contribution in [0.5, 0.6) is 17.2 Å². The van der Waals surface area contributed by atoms with E-state index in [0.29, 0.717) is 33.7 Å². The minimum Gasteiger partial charge on any atom is -0.497 e. The van der Waals surface area contributed by atoms with Gasteiger partial charge in [0.25, 0.3) is 0 Å². The summed E-state index contributed by atoms with van der Waals surface area (Å²) < 4.78 is 16.9. The zero-order chi connectivity index (χ0) is 21.3. The van der Waals surface area contributed by atoms with Crippen molar-refractivity contribution in [2.75, 3.05) is 7.11 Å². The molecule has 0 amide bonds. The molecular weight excluding hydrogens is 423 g/mol. The normalized spacial score (nSPS) is 13.9. The second-order valence-electron chi connectivity index (χ2n) is 6.86. The van der Waals surface area contributed by atoms with Gasteiger partial charge in [0, 0.05) is 6.07 Å². The summed E-state index contributed by atoms with van der Waals surface area (Å²) in [5, 5.41) is 0.870. The van der Waals surface area contributed by atoms with Gasteiger partial charge in [0.05, 0.1) is 22.7 Å². The van der Waals surface area contributed by atoms with E-state index in [0.717, 1.165) is 22.4 Å². The average Bonchev–Trinajstić information content (AvgIpc) is 3.05. The summed E-state index contributed by atoms with van der Waals surface area (Å²) in [5.41, 5.74) is 3.07. The molecule has 0 aliphatic carbocycles. The largest absolute Gasteiger partial charge is 0.497 e. The summed E-state index contributed by atoms with van der Waals surface area (Å²) in [6, 6.07) is 16.4. The number of aryl methyl sites for hydroxylation is 1. The van der Waals surface area contributed by atoms with Crippen molar-refractivity contribution in [1.82, 2.24) is 0 Å². The Morgan fingerprint density at radius 2 is 1.73 bits per heavy atom. The fourth-order valence-corrected chi connectivity index (χ4v) is 3.51. The smallest absolute Gasteiger partial charge is 0.232 e. The Kier molecular flexibility index (Phi) is 5.71. The molecule has 6 heteroatoms. The maximum absolute atomic E-state index is 12.8. The first-order chi connectivity index (χ1) is 14.4. The molecule has 152 valence electrons. The molecule has 1 aliphatic rings. The highest BCUT2D eigenvalue weighted by molar-refractivity contribution is 6.42. The van der Waals surface area contributed by atoms with Gasteiger partial charge >= 0.3 is 0 Å². The van der Waals surface area contributed by atoms with Crippen LogP contribution in [-0.4, -0.2) is 12.9 Å². The van der Waals surface area contributed by atoms with Crippen LogP contribution in [0, 0.1) is 6.92 Å². The van der Waals surface area contributed by atoms with E-state index in [9.17, 15) is 4.79 Å². The van der Waals surface area contributed by atoms with Gasteiger partial charge < -0.3 is 14.2 Å². The Balaban J connectivity index is 1.54.